The predicted octanol–water partition coefficient (Wildman–Crippen LogP) is 1.95. The van der Waals surface area contributed by atoms with Gasteiger partial charge in [0.2, 0.25) is 15.9 Å². The summed E-state index contributed by atoms with van der Waals surface area (Å²) < 4.78 is 37.6. The predicted molar refractivity (Wildman–Crippen MR) is 102 cm³/mol. The minimum absolute atomic E-state index is 0.0980. The van der Waals surface area contributed by atoms with E-state index < -0.39 is 10.0 Å². The lowest BCUT2D eigenvalue weighted by atomic mass is 10.3. The molecular weight excluding hydrogens is 368 g/mol. The van der Waals surface area contributed by atoms with E-state index in [4.69, 9.17) is 9.47 Å². The van der Waals surface area contributed by atoms with E-state index in [0.717, 1.165) is 0 Å². The van der Waals surface area contributed by atoms with Crippen molar-refractivity contribution in [1.29, 1.82) is 0 Å². The molecule has 8 heteroatoms. The van der Waals surface area contributed by atoms with Crippen LogP contribution in [0.5, 0.6) is 11.5 Å². The zero-order chi connectivity index (χ0) is 19.5. The molecule has 2 aromatic carbocycles. The number of carbonyl (C=O) groups is 1. The molecule has 0 radical (unpaired) electrons. The molecule has 0 aliphatic rings. The van der Waals surface area contributed by atoms with Gasteiger partial charge in [-0.25, -0.2) is 13.1 Å². The molecule has 2 N–H and O–H groups in total. The Labute approximate surface area is 159 Å². The highest BCUT2D eigenvalue weighted by molar-refractivity contribution is 7.89. The van der Waals surface area contributed by atoms with Crippen molar-refractivity contribution in [1.82, 2.24) is 10.0 Å². The molecule has 0 aliphatic heterocycles. The summed E-state index contributed by atoms with van der Waals surface area (Å²) in [5.74, 6) is 1.11. The molecule has 146 valence electrons. The van der Waals surface area contributed by atoms with Crippen molar-refractivity contribution in [3.8, 4) is 11.5 Å². The summed E-state index contributed by atoms with van der Waals surface area (Å²) in [7, 11) is -3.62. The van der Waals surface area contributed by atoms with Crippen LogP contribution < -0.4 is 19.5 Å². The number of hydrogen-bond donors (Lipinski definition) is 2. The number of sulfonamides is 1. The van der Waals surface area contributed by atoms with Crippen molar-refractivity contribution in [2.45, 2.75) is 18.2 Å². The molecule has 27 heavy (non-hydrogen) atoms. The van der Waals surface area contributed by atoms with Gasteiger partial charge in [-0.05, 0) is 43.3 Å². The first-order valence-corrected chi connectivity index (χ1v) is 10.2. The van der Waals surface area contributed by atoms with Crippen LogP contribution in [-0.4, -0.2) is 40.6 Å². The molecule has 0 heterocycles. The van der Waals surface area contributed by atoms with Gasteiger partial charge in [0, 0.05) is 13.1 Å². The van der Waals surface area contributed by atoms with Gasteiger partial charge in [-0.3, -0.25) is 4.79 Å². The molecule has 0 fully saturated rings. The molecule has 0 aromatic heterocycles. The second-order valence-corrected chi connectivity index (χ2v) is 7.33. The van der Waals surface area contributed by atoms with E-state index in [1.807, 2.05) is 37.3 Å². The number of carbonyl (C=O) groups excluding carboxylic acids is 1. The van der Waals surface area contributed by atoms with E-state index >= 15 is 0 Å². The molecule has 1 amide bonds. The minimum Gasteiger partial charge on any atom is -0.494 e. The average Bonchev–Trinajstić information content (AvgIpc) is 2.67. The van der Waals surface area contributed by atoms with Crippen LogP contribution in [0.2, 0.25) is 0 Å². The van der Waals surface area contributed by atoms with Crippen molar-refractivity contribution >= 4 is 15.9 Å². The van der Waals surface area contributed by atoms with Crippen molar-refractivity contribution in [2.24, 2.45) is 0 Å². The van der Waals surface area contributed by atoms with Gasteiger partial charge in [-0.15, -0.1) is 0 Å². The molecule has 7 nitrogen and oxygen atoms in total. The van der Waals surface area contributed by atoms with Gasteiger partial charge in [0.15, 0.2) is 0 Å². The summed E-state index contributed by atoms with van der Waals surface area (Å²) in [6.07, 6.45) is 0.195. The van der Waals surface area contributed by atoms with Crippen LogP contribution in [0.25, 0.3) is 0 Å². The van der Waals surface area contributed by atoms with E-state index in [2.05, 4.69) is 10.0 Å². The molecule has 0 bridgehead atoms. The van der Waals surface area contributed by atoms with Gasteiger partial charge in [-0.2, -0.15) is 0 Å². The smallest absolute Gasteiger partial charge is 0.240 e. The molecular formula is C19H24N2O5S. The van der Waals surface area contributed by atoms with Crippen molar-refractivity contribution in [3.63, 3.8) is 0 Å². The Hall–Kier alpha value is -2.58. The Bertz CT molecular complexity index is 808. The van der Waals surface area contributed by atoms with Gasteiger partial charge in [0.05, 0.1) is 24.5 Å². The second-order valence-electron chi connectivity index (χ2n) is 5.56. The largest absolute Gasteiger partial charge is 0.494 e. The molecule has 0 saturated heterocycles. The summed E-state index contributed by atoms with van der Waals surface area (Å²) in [5, 5.41) is 2.65. The molecule has 0 spiro atoms. The molecule has 0 aliphatic carbocycles. The monoisotopic (exact) mass is 392 g/mol. The Morgan fingerprint density at radius 2 is 1.59 bits per heavy atom. The quantitative estimate of drug-likeness (QED) is 0.570. The van der Waals surface area contributed by atoms with Crippen LogP contribution in [0.3, 0.4) is 0 Å². The van der Waals surface area contributed by atoms with E-state index in [0.29, 0.717) is 18.1 Å². The molecule has 2 aromatic rings. The Balaban J connectivity index is 1.66. The van der Waals surface area contributed by atoms with E-state index in [9.17, 15) is 13.2 Å². The van der Waals surface area contributed by atoms with Gasteiger partial charge in [-0.1, -0.05) is 18.2 Å². The third-order valence-corrected chi connectivity index (χ3v) is 5.00. The number of hydrogen-bond acceptors (Lipinski definition) is 5. The molecule has 0 saturated carbocycles. The summed E-state index contributed by atoms with van der Waals surface area (Å²) in [6.45, 7) is 2.92. The Morgan fingerprint density at radius 1 is 0.926 bits per heavy atom. The van der Waals surface area contributed by atoms with Crippen LogP contribution in [0.4, 0.5) is 0 Å². The van der Waals surface area contributed by atoms with Crippen LogP contribution >= 0.6 is 0 Å². The highest BCUT2D eigenvalue weighted by Crippen LogP contribution is 2.15. The van der Waals surface area contributed by atoms with Crippen molar-refractivity contribution < 1.29 is 22.7 Å². The van der Waals surface area contributed by atoms with E-state index in [1.165, 1.54) is 12.1 Å². The summed E-state index contributed by atoms with van der Waals surface area (Å²) >= 11 is 0. The molecule has 0 unspecified atom stereocenters. The highest BCUT2D eigenvalue weighted by Gasteiger charge is 2.13. The lowest BCUT2D eigenvalue weighted by molar-refractivity contribution is -0.121. The van der Waals surface area contributed by atoms with Gasteiger partial charge < -0.3 is 14.8 Å². The first-order chi connectivity index (χ1) is 13.0. The summed E-state index contributed by atoms with van der Waals surface area (Å²) in [5.41, 5.74) is 0. The van der Waals surface area contributed by atoms with Gasteiger partial charge in [0.25, 0.3) is 0 Å². The Kier molecular flexibility index (Phi) is 8.09. The van der Waals surface area contributed by atoms with Crippen LogP contribution in [-0.2, 0) is 14.8 Å². The average molecular weight is 392 g/mol. The number of benzene rings is 2. The van der Waals surface area contributed by atoms with Crippen LogP contribution in [0.1, 0.15) is 13.3 Å². The minimum atomic E-state index is -3.62. The third kappa shape index (κ3) is 7.28. The molecule has 0 atom stereocenters. The SMILES string of the molecule is CCOc1ccc(S(=O)(=O)NCCNC(=O)CCOc2ccccc2)cc1. The number of ether oxygens (including phenoxy) is 2. The highest BCUT2D eigenvalue weighted by atomic mass is 32.2. The van der Waals surface area contributed by atoms with E-state index in [1.54, 1.807) is 12.1 Å². The molecule has 2 rings (SSSR count). The fourth-order valence-corrected chi connectivity index (χ4v) is 3.25. The first-order valence-electron chi connectivity index (χ1n) is 8.68. The zero-order valence-corrected chi connectivity index (χ0v) is 16.0. The van der Waals surface area contributed by atoms with Crippen LogP contribution in [0, 0.1) is 0 Å². The number of para-hydroxylation sites is 1. The Morgan fingerprint density at radius 3 is 2.26 bits per heavy atom. The normalized spacial score (nSPS) is 11.0. The standard InChI is InChI=1S/C19H24N2O5S/c1-2-25-17-8-10-18(11-9-17)27(23,24)21-14-13-20-19(22)12-15-26-16-6-4-3-5-7-16/h3-11,21H,2,12-15H2,1H3,(H,20,22). The number of rotatable bonds is 11. The third-order valence-electron chi connectivity index (χ3n) is 3.53. The lowest BCUT2D eigenvalue weighted by Gasteiger charge is -2.09. The topological polar surface area (TPSA) is 93.7 Å². The lowest BCUT2D eigenvalue weighted by Crippen LogP contribution is -2.35. The maximum absolute atomic E-state index is 12.2. The van der Waals surface area contributed by atoms with Crippen molar-refractivity contribution in [3.05, 3.63) is 54.6 Å². The maximum atomic E-state index is 12.2. The number of nitrogens with one attached hydrogen (secondary N) is 2. The fourth-order valence-electron chi connectivity index (χ4n) is 2.22. The van der Waals surface area contributed by atoms with Gasteiger partial charge >= 0.3 is 0 Å². The van der Waals surface area contributed by atoms with Crippen molar-refractivity contribution in [2.75, 3.05) is 26.3 Å². The fraction of sp³-hybridized carbons (Fsp3) is 0.316. The summed E-state index contributed by atoms with van der Waals surface area (Å²) in [6, 6.07) is 15.4. The first kappa shape index (κ1) is 20.7. The van der Waals surface area contributed by atoms with E-state index in [-0.39, 0.29) is 36.9 Å². The zero-order valence-electron chi connectivity index (χ0n) is 15.2. The van der Waals surface area contributed by atoms with Crippen LogP contribution in [0.15, 0.2) is 59.5 Å². The van der Waals surface area contributed by atoms with Gasteiger partial charge in [0.1, 0.15) is 11.5 Å². The number of amides is 1. The maximum Gasteiger partial charge on any atom is 0.240 e. The second kappa shape index (κ2) is 10.5. The summed E-state index contributed by atoms with van der Waals surface area (Å²) in [4.78, 5) is 11.9.